The van der Waals surface area contributed by atoms with Crippen LogP contribution in [0.2, 0.25) is 0 Å². The summed E-state index contributed by atoms with van der Waals surface area (Å²) in [4.78, 5) is 10.3. The Balaban J connectivity index is 3.04. The van der Waals surface area contributed by atoms with Crippen molar-refractivity contribution in [2.24, 2.45) is 0 Å². The molecule has 0 aliphatic heterocycles. The van der Waals surface area contributed by atoms with Gasteiger partial charge in [0, 0.05) is 6.07 Å². The van der Waals surface area contributed by atoms with Gasteiger partial charge >= 0.3 is 13.3 Å². The van der Waals surface area contributed by atoms with Gasteiger partial charge in [0.2, 0.25) is 0 Å². The SMILES string of the molecule is CCOP(=O)(Cc1ccc([N+](=O)[O-])c(OC)c1)OC(C)C. The van der Waals surface area contributed by atoms with E-state index in [0.717, 1.165) is 0 Å². The molecule has 0 aromatic heterocycles. The zero-order valence-electron chi connectivity index (χ0n) is 12.6. The molecule has 1 aromatic carbocycles. The van der Waals surface area contributed by atoms with Crippen molar-refractivity contribution in [2.45, 2.75) is 33.0 Å². The second-order valence-corrected chi connectivity index (χ2v) is 6.61. The van der Waals surface area contributed by atoms with E-state index < -0.39 is 12.5 Å². The predicted molar refractivity (Wildman–Crippen MR) is 78.8 cm³/mol. The molecule has 21 heavy (non-hydrogen) atoms. The van der Waals surface area contributed by atoms with E-state index in [1.165, 1.54) is 25.3 Å². The average Bonchev–Trinajstić information content (AvgIpc) is 2.37. The van der Waals surface area contributed by atoms with Gasteiger partial charge in [-0.3, -0.25) is 14.7 Å². The van der Waals surface area contributed by atoms with Gasteiger partial charge < -0.3 is 13.8 Å². The summed E-state index contributed by atoms with van der Waals surface area (Å²) in [6.45, 7) is 5.52. The fourth-order valence-corrected chi connectivity index (χ4v) is 3.73. The van der Waals surface area contributed by atoms with Gasteiger partial charge in [0.15, 0.2) is 5.75 Å². The summed E-state index contributed by atoms with van der Waals surface area (Å²) in [5.41, 5.74) is 0.451. The van der Waals surface area contributed by atoms with Crippen LogP contribution in [0.3, 0.4) is 0 Å². The van der Waals surface area contributed by atoms with E-state index >= 15 is 0 Å². The van der Waals surface area contributed by atoms with Crippen LogP contribution in [0.15, 0.2) is 18.2 Å². The largest absolute Gasteiger partial charge is 0.490 e. The minimum absolute atomic E-state index is 0.0351. The molecule has 8 heteroatoms. The Hall–Kier alpha value is -1.43. The molecule has 0 heterocycles. The van der Waals surface area contributed by atoms with Gasteiger partial charge in [0.1, 0.15) is 0 Å². The normalized spacial score (nSPS) is 14.0. The monoisotopic (exact) mass is 317 g/mol. The van der Waals surface area contributed by atoms with Gasteiger partial charge in [0.05, 0.1) is 30.9 Å². The topological polar surface area (TPSA) is 87.9 Å². The molecule has 1 unspecified atom stereocenters. The zero-order valence-corrected chi connectivity index (χ0v) is 13.5. The van der Waals surface area contributed by atoms with Crippen LogP contribution in [0.1, 0.15) is 26.3 Å². The van der Waals surface area contributed by atoms with Crippen LogP contribution in [0, 0.1) is 10.1 Å². The predicted octanol–water partition coefficient (Wildman–Crippen LogP) is 3.76. The van der Waals surface area contributed by atoms with Crippen molar-refractivity contribution in [3.05, 3.63) is 33.9 Å². The van der Waals surface area contributed by atoms with E-state index in [9.17, 15) is 14.7 Å². The van der Waals surface area contributed by atoms with Gasteiger partial charge in [0.25, 0.3) is 0 Å². The van der Waals surface area contributed by atoms with E-state index in [4.69, 9.17) is 13.8 Å². The lowest BCUT2D eigenvalue weighted by Crippen LogP contribution is -2.05. The molecule has 0 saturated heterocycles. The number of methoxy groups -OCH3 is 1. The third kappa shape index (κ3) is 5.12. The number of benzene rings is 1. The molecule has 0 saturated carbocycles. The lowest BCUT2D eigenvalue weighted by atomic mass is 10.2. The van der Waals surface area contributed by atoms with E-state index in [-0.39, 0.29) is 30.3 Å². The van der Waals surface area contributed by atoms with Crippen LogP contribution in [-0.2, 0) is 19.8 Å². The number of ether oxygens (including phenoxy) is 1. The molecule has 1 atom stereocenters. The number of nitro groups is 1. The highest BCUT2D eigenvalue weighted by atomic mass is 31.2. The van der Waals surface area contributed by atoms with Crippen molar-refractivity contribution in [1.29, 1.82) is 0 Å². The third-order valence-corrected chi connectivity index (χ3v) is 4.66. The molecule has 7 nitrogen and oxygen atoms in total. The second kappa shape index (κ2) is 7.54. The van der Waals surface area contributed by atoms with Crippen LogP contribution in [0.4, 0.5) is 5.69 Å². The van der Waals surface area contributed by atoms with Gasteiger partial charge in [-0.1, -0.05) is 6.07 Å². The Morgan fingerprint density at radius 3 is 2.52 bits per heavy atom. The molecule has 0 spiro atoms. The summed E-state index contributed by atoms with van der Waals surface area (Å²) in [6, 6.07) is 4.32. The number of nitrogens with zero attached hydrogens (tertiary/aromatic N) is 1. The molecule has 0 aliphatic carbocycles. The van der Waals surface area contributed by atoms with Crippen molar-refractivity contribution < 1.29 is 23.3 Å². The molecule has 0 radical (unpaired) electrons. The third-order valence-electron chi connectivity index (χ3n) is 2.51. The van der Waals surface area contributed by atoms with Gasteiger partial charge in [-0.05, 0) is 32.4 Å². The maximum Gasteiger partial charge on any atom is 0.335 e. The fraction of sp³-hybridized carbons (Fsp3) is 0.538. The summed E-state index contributed by atoms with van der Waals surface area (Å²) in [6.07, 6.45) is -0.213. The molecule has 1 aromatic rings. The number of hydrogen-bond acceptors (Lipinski definition) is 6. The highest BCUT2D eigenvalue weighted by Crippen LogP contribution is 2.52. The zero-order chi connectivity index (χ0) is 16.0. The Morgan fingerprint density at radius 1 is 1.38 bits per heavy atom. The van der Waals surface area contributed by atoms with E-state index in [0.29, 0.717) is 5.56 Å². The summed E-state index contributed by atoms with van der Waals surface area (Å²) >= 11 is 0. The van der Waals surface area contributed by atoms with Crippen LogP contribution in [0.5, 0.6) is 5.75 Å². The number of rotatable bonds is 8. The quantitative estimate of drug-likeness (QED) is 0.412. The van der Waals surface area contributed by atoms with E-state index in [1.807, 2.05) is 0 Å². The summed E-state index contributed by atoms with van der Waals surface area (Å²) in [5, 5.41) is 10.8. The van der Waals surface area contributed by atoms with Crippen molar-refractivity contribution in [3.8, 4) is 5.75 Å². The van der Waals surface area contributed by atoms with Crippen LogP contribution in [0.25, 0.3) is 0 Å². The second-order valence-electron chi connectivity index (χ2n) is 4.60. The van der Waals surface area contributed by atoms with Crippen LogP contribution in [-0.4, -0.2) is 24.7 Å². The summed E-state index contributed by atoms with van der Waals surface area (Å²) < 4.78 is 28.2. The highest BCUT2D eigenvalue weighted by Gasteiger charge is 2.27. The number of nitro benzene ring substituents is 1. The molecule has 118 valence electrons. The van der Waals surface area contributed by atoms with E-state index in [2.05, 4.69) is 0 Å². The first-order chi connectivity index (χ1) is 9.81. The van der Waals surface area contributed by atoms with Crippen LogP contribution < -0.4 is 4.74 Å². The maximum atomic E-state index is 12.6. The molecule has 0 fully saturated rings. The van der Waals surface area contributed by atoms with Gasteiger partial charge in [-0.2, -0.15) is 0 Å². The van der Waals surface area contributed by atoms with Crippen molar-refractivity contribution >= 4 is 13.3 Å². The molecule has 1 rings (SSSR count). The summed E-state index contributed by atoms with van der Waals surface area (Å²) in [7, 11) is -1.95. The molecule has 0 N–H and O–H groups in total. The first kappa shape index (κ1) is 17.6. The van der Waals surface area contributed by atoms with E-state index in [1.54, 1.807) is 20.8 Å². The van der Waals surface area contributed by atoms with Crippen LogP contribution >= 0.6 is 7.60 Å². The Morgan fingerprint density at radius 2 is 2.05 bits per heavy atom. The fourth-order valence-electron chi connectivity index (χ4n) is 1.83. The van der Waals surface area contributed by atoms with Gasteiger partial charge in [-0.25, -0.2) is 0 Å². The average molecular weight is 317 g/mol. The lowest BCUT2D eigenvalue weighted by molar-refractivity contribution is -0.385. The minimum atomic E-state index is -3.29. The van der Waals surface area contributed by atoms with Crippen molar-refractivity contribution in [3.63, 3.8) is 0 Å². The first-order valence-corrected chi connectivity index (χ1v) is 8.27. The standard InChI is InChI=1S/C13H20NO6P/c1-5-19-21(17,20-10(2)3)9-11-6-7-12(14(15)16)13(8-11)18-4/h6-8,10H,5,9H2,1-4H3. The molecule has 0 bridgehead atoms. The molecular weight excluding hydrogens is 297 g/mol. The first-order valence-electron chi connectivity index (χ1n) is 6.54. The number of hydrogen-bond donors (Lipinski definition) is 0. The Labute approximate surface area is 123 Å². The maximum absolute atomic E-state index is 12.6. The van der Waals surface area contributed by atoms with Crippen molar-refractivity contribution in [1.82, 2.24) is 0 Å². The molecular formula is C13H20NO6P. The smallest absolute Gasteiger partial charge is 0.335 e. The van der Waals surface area contributed by atoms with Gasteiger partial charge in [-0.15, -0.1) is 0 Å². The molecule has 0 amide bonds. The minimum Gasteiger partial charge on any atom is -0.490 e. The Bertz CT molecular complexity index is 545. The lowest BCUT2D eigenvalue weighted by Gasteiger charge is -2.20. The molecule has 0 aliphatic rings. The summed E-state index contributed by atoms with van der Waals surface area (Å²) in [5.74, 6) is 0.116. The Kier molecular flexibility index (Phi) is 6.33. The highest BCUT2D eigenvalue weighted by molar-refractivity contribution is 7.53. The van der Waals surface area contributed by atoms with Crippen molar-refractivity contribution in [2.75, 3.05) is 13.7 Å².